The van der Waals surface area contributed by atoms with Crippen LogP contribution in [0.5, 0.6) is 5.75 Å². The Morgan fingerprint density at radius 3 is 2.72 bits per heavy atom. The summed E-state index contributed by atoms with van der Waals surface area (Å²) in [6.07, 6.45) is -1.38. The Hall–Kier alpha value is -1.62. The van der Waals surface area contributed by atoms with Gasteiger partial charge in [-0.1, -0.05) is 25.1 Å². The first kappa shape index (κ1) is 14.4. The fourth-order valence-corrected chi connectivity index (χ4v) is 1.69. The molecule has 2 atom stereocenters. The maximum absolute atomic E-state index is 13.8. The van der Waals surface area contributed by atoms with E-state index in [4.69, 9.17) is 5.73 Å². The van der Waals surface area contributed by atoms with E-state index in [1.54, 1.807) is 19.1 Å². The Balaban J connectivity index is 2.96. The molecule has 0 bridgehead atoms. The molecule has 3 N–H and O–H groups in total. The second-order valence-electron chi connectivity index (χ2n) is 3.89. The summed E-state index contributed by atoms with van der Waals surface area (Å²) in [6.45, 7) is 3.54. The van der Waals surface area contributed by atoms with Crippen LogP contribution in [-0.2, 0) is 16.0 Å². The molecule has 0 aromatic heterocycles. The minimum Gasteiger partial charge on any atom is -0.507 e. The van der Waals surface area contributed by atoms with Crippen molar-refractivity contribution in [1.29, 1.82) is 0 Å². The van der Waals surface area contributed by atoms with Gasteiger partial charge in [0.05, 0.1) is 12.6 Å². The van der Waals surface area contributed by atoms with E-state index < -0.39 is 18.2 Å². The SMILES string of the molecule is CCOC(=O)C(F)[C@@H](N)c1cccc(CC)c1O. The minimum absolute atomic E-state index is 0.0561. The monoisotopic (exact) mass is 255 g/mol. The fraction of sp³-hybridized carbons (Fsp3) is 0.462. The summed E-state index contributed by atoms with van der Waals surface area (Å²) in [5, 5.41) is 9.92. The van der Waals surface area contributed by atoms with Gasteiger partial charge in [-0.05, 0) is 18.9 Å². The lowest BCUT2D eigenvalue weighted by Crippen LogP contribution is -2.31. The summed E-state index contributed by atoms with van der Waals surface area (Å²) < 4.78 is 18.3. The van der Waals surface area contributed by atoms with Gasteiger partial charge in [0.1, 0.15) is 5.75 Å². The van der Waals surface area contributed by atoms with Crippen LogP contribution < -0.4 is 5.73 Å². The molecule has 1 aromatic carbocycles. The van der Waals surface area contributed by atoms with E-state index in [-0.39, 0.29) is 17.9 Å². The third-order valence-electron chi connectivity index (χ3n) is 2.72. The maximum atomic E-state index is 13.8. The third kappa shape index (κ3) is 2.98. The lowest BCUT2D eigenvalue weighted by atomic mass is 9.98. The summed E-state index contributed by atoms with van der Waals surface area (Å²) >= 11 is 0. The van der Waals surface area contributed by atoms with E-state index in [0.29, 0.717) is 12.0 Å². The van der Waals surface area contributed by atoms with Gasteiger partial charge in [0.15, 0.2) is 0 Å². The van der Waals surface area contributed by atoms with Crippen LogP contribution in [-0.4, -0.2) is 23.9 Å². The normalized spacial score (nSPS) is 14.0. The predicted molar refractivity (Wildman–Crippen MR) is 65.9 cm³/mol. The number of rotatable bonds is 5. The number of aromatic hydroxyl groups is 1. The second-order valence-corrected chi connectivity index (χ2v) is 3.89. The molecule has 0 fully saturated rings. The molecule has 1 rings (SSSR count). The lowest BCUT2D eigenvalue weighted by Gasteiger charge is -2.18. The molecule has 0 aliphatic carbocycles. The smallest absolute Gasteiger partial charge is 0.342 e. The quantitative estimate of drug-likeness (QED) is 0.788. The number of hydrogen-bond acceptors (Lipinski definition) is 4. The van der Waals surface area contributed by atoms with Gasteiger partial charge < -0.3 is 15.6 Å². The van der Waals surface area contributed by atoms with E-state index in [1.807, 2.05) is 6.92 Å². The van der Waals surface area contributed by atoms with Crippen molar-refractivity contribution in [1.82, 2.24) is 0 Å². The summed E-state index contributed by atoms with van der Waals surface area (Å²) in [5.41, 5.74) is 6.54. The largest absolute Gasteiger partial charge is 0.507 e. The van der Waals surface area contributed by atoms with Gasteiger partial charge in [-0.3, -0.25) is 0 Å². The van der Waals surface area contributed by atoms with Gasteiger partial charge in [0.25, 0.3) is 0 Å². The summed E-state index contributed by atoms with van der Waals surface area (Å²) in [4.78, 5) is 11.3. The van der Waals surface area contributed by atoms with E-state index in [2.05, 4.69) is 4.74 Å². The van der Waals surface area contributed by atoms with E-state index in [9.17, 15) is 14.3 Å². The average Bonchev–Trinajstić information content (AvgIpc) is 2.37. The summed E-state index contributed by atoms with van der Waals surface area (Å²) in [5.74, 6) is -1.06. The molecule has 0 amide bonds. The number of phenolic OH excluding ortho intramolecular Hbond substituents is 1. The molecule has 100 valence electrons. The van der Waals surface area contributed by atoms with Gasteiger partial charge in [0.2, 0.25) is 6.17 Å². The van der Waals surface area contributed by atoms with Crippen molar-refractivity contribution in [2.75, 3.05) is 6.61 Å². The molecule has 0 heterocycles. The highest BCUT2D eigenvalue weighted by molar-refractivity contribution is 5.76. The van der Waals surface area contributed by atoms with Crippen LogP contribution in [0.25, 0.3) is 0 Å². The first-order chi connectivity index (χ1) is 8.52. The van der Waals surface area contributed by atoms with E-state index in [0.717, 1.165) is 0 Å². The van der Waals surface area contributed by atoms with Gasteiger partial charge in [0, 0.05) is 5.56 Å². The molecule has 0 saturated heterocycles. The first-order valence-electron chi connectivity index (χ1n) is 5.89. The van der Waals surface area contributed by atoms with E-state index >= 15 is 0 Å². The van der Waals surface area contributed by atoms with Crippen molar-refractivity contribution in [2.45, 2.75) is 32.5 Å². The van der Waals surface area contributed by atoms with Gasteiger partial charge in [-0.25, -0.2) is 9.18 Å². The Bertz CT molecular complexity index is 423. The van der Waals surface area contributed by atoms with E-state index in [1.165, 1.54) is 6.07 Å². The number of carbonyl (C=O) groups excluding carboxylic acids is 1. The van der Waals surface area contributed by atoms with Crippen molar-refractivity contribution in [3.63, 3.8) is 0 Å². The van der Waals surface area contributed by atoms with Crippen molar-refractivity contribution in [3.8, 4) is 5.75 Å². The van der Waals surface area contributed by atoms with Crippen LogP contribution in [0.15, 0.2) is 18.2 Å². The number of benzene rings is 1. The summed E-state index contributed by atoms with van der Waals surface area (Å²) in [6, 6.07) is 3.68. The highest BCUT2D eigenvalue weighted by atomic mass is 19.1. The van der Waals surface area contributed by atoms with Crippen LogP contribution >= 0.6 is 0 Å². The fourth-order valence-electron chi connectivity index (χ4n) is 1.69. The zero-order valence-electron chi connectivity index (χ0n) is 10.5. The molecule has 0 spiro atoms. The van der Waals surface area contributed by atoms with Crippen LogP contribution in [0.3, 0.4) is 0 Å². The van der Waals surface area contributed by atoms with Gasteiger partial charge >= 0.3 is 5.97 Å². The van der Waals surface area contributed by atoms with Crippen LogP contribution in [0, 0.1) is 0 Å². The molecule has 18 heavy (non-hydrogen) atoms. The number of aryl methyl sites for hydroxylation is 1. The Morgan fingerprint density at radius 2 is 2.17 bits per heavy atom. The molecular weight excluding hydrogens is 237 g/mol. The van der Waals surface area contributed by atoms with Crippen LogP contribution in [0.1, 0.15) is 31.0 Å². The zero-order valence-corrected chi connectivity index (χ0v) is 10.5. The molecule has 1 aromatic rings. The van der Waals surface area contributed by atoms with Crippen molar-refractivity contribution < 1.29 is 19.0 Å². The number of nitrogens with two attached hydrogens (primary N) is 1. The van der Waals surface area contributed by atoms with Crippen LogP contribution in [0.2, 0.25) is 0 Å². The molecule has 0 aliphatic rings. The number of hydrogen-bond donors (Lipinski definition) is 2. The van der Waals surface area contributed by atoms with Crippen molar-refractivity contribution in [3.05, 3.63) is 29.3 Å². The average molecular weight is 255 g/mol. The summed E-state index contributed by atoms with van der Waals surface area (Å²) in [7, 11) is 0. The topological polar surface area (TPSA) is 72.5 Å². The number of halogens is 1. The Morgan fingerprint density at radius 1 is 1.50 bits per heavy atom. The zero-order chi connectivity index (χ0) is 13.7. The standard InChI is InChI=1S/C13H18FNO3/c1-3-8-6-5-7-9(12(8)16)11(15)10(14)13(17)18-4-2/h5-7,10-11,16H,3-4,15H2,1-2H3/t10?,11-/m0/s1. The molecule has 0 saturated carbocycles. The van der Waals surface area contributed by atoms with Crippen molar-refractivity contribution >= 4 is 5.97 Å². The molecule has 4 nitrogen and oxygen atoms in total. The number of ether oxygens (including phenoxy) is 1. The number of para-hydroxylation sites is 1. The molecule has 1 unspecified atom stereocenters. The number of alkyl halides is 1. The molecule has 0 radical (unpaired) electrons. The molecular formula is C13H18FNO3. The van der Waals surface area contributed by atoms with Crippen LogP contribution in [0.4, 0.5) is 4.39 Å². The minimum atomic E-state index is -1.98. The van der Waals surface area contributed by atoms with Gasteiger partial charge in [-0.2, -0.15) is 0 Å². The second kappa shape index (κ2) is 6.35. The Kier molecular flexibility index (Phi) is 5.09. The maximum Gasteiger partial charge on any atom is 0.342 e. The first-order valence-corrected chi connectivity index (χ1v) is 5.89. The number of carbonyl (C=O) groups is 1. The highest BCUT2D eigenvalue weighted by Gasteiger charge is 2.29. The number of esters is 1. The molecule has 5 heteroatoms. The number of phenols is 1. The molecule has 0 aliphatic heterocycles. The predicted octanol–water partition coefficient (Wildman–Crippen LogP) is 1.86. The van der Waals surface area contributed by atoms with Crippen molar-refractivity contribution in [2.24, 2.45) is 5.73 Å². The Labute approximate surface area is 106 Å². The highest BCUT2D eigenvalue weighted by Crippen LogP contribution is 2.30. The van der Waals surface area contributed by atoms with Gasteiger partial charge in [-0.15, -0.1) is 0 Å². The third-order valence-corrected chi connectivity index (χ3v) is 2.72. The lowest BCUT2D eigenvalue weighted by molar-refractivity contribution is -0.149.